The number of phenolic OH excluding ortho intramolecular Hbond substituents is 2. The molecule has 0 amide bonds. The van der Waals surface area contributed by atoms with Crippen LogP contribution in [0, 0.1) is 11.8 Å². The average Bonchev–Trinajstić information content (AvgIpc) is 3.56. The van der Waals surface area contributed by atoms with E-state index in [-0.39, 0.29) is 11.5 Å². The molecule has 0 bridgehead atoms. The first kappa shape index (κ1) is 23.1. The van der Waals surface area contributed by atoms with Gasteiger partial charge in [-0.1, -0.05) is 13.0 Å². The van der Waals surface area contributed by atoms with E-state index in [0.717, 1.165) is 68.3 Å². The molecule has 0 unspecified atom stereocenters. The van der Waals surface area contributed by atoms with Gasteiger partial charge in [0.05, 0.1) is 29.1 Å². The van der Waals surface area contributed by atoms with Crippen molar-refractivity contribution in [1.29, 1.82) is 0 Å². The van der Waals surface area contributed by atoms with Crippen molar-refractivity contribution in [3.8, 4) is 22.8 Å². The van der Waals surface area contributed by atoms with Crippen molar-refractivity contribution in [3.63, 3.8) is 0 Å². The number of aryl methyl sites for hydroxylation is 1. The Labute approximate surface area is 201 Å². The normalized spacial score (nSPS) is 16.9. The van der Waals surface area contributed by atoms with Crippen molar-refractivity contribution in [2.75, 3.05) is 38.3 Å². The first-order valence-corrected chi connectivity index (χ1v) is 12.6. The number of pyridine rings is 1. The number of ether oxygens (including phenoxy) is 2. The first-order chi connectivity index (χ1) is 16.6. The molecular formula is C28H36N2O4. The molecule has 1 saturated heterocycles. The summed E-state index contributed by atoms with van der Waals surface area (Å²) < 4.78 is 12.9. The lowest BCUT2D eigenvalue weighted by molar-refractivity contribution is 0.0682. The summed E-state index contributed by atoms with van der Waals surface area (Å²) in [6.07, 6.45) is 7.99. The molecule has 0 spiro atoms. The topological polar surface area (TPSA) is 66.6 Å². The quantitative estimate of drug-likeness (QED) is 0.446. The molecule has 1 aliphatic carbocycles. The van der Waals surface area contributed by atoms with Gasteiger partial charge in [-0.2, -0.15) is 0 Å². The molecule has 6 heteroatoms. The number of benzene rings is 1. The summed E-state index contributed by atoms with van der Waals surface area (Å²) in [5, 5.41) is 21.7. The minimum Gasteiger partial charge on any atom is -0.507 e. The summed E-state index contributed by atoms with van der Waals surface area (Å²) in [7, 11) is 1.60. The zero-order chi connectivity index (χ0) is 23.7. The van der Waals surface area contributed by atoms with Crippen LogP contribution < -0.4 is 4.90 Å². The number of aromatic hydroxyl groups is 2. The van der Waals surface area contributed by atoms with Crippen LogP contribution in [0.15, 0.2) is 36.5 Å². The van der Waals surface area contributed by atoms with Gasteiger partial charge in [0.25, 0.3) is 0 Å². The zero-order valence-electron chi connectivity index (χ0n) is 20.3. The molecule has 2 aliphatic rings. The van der Waals surface area contributed by atoms with Crippen molar-refractivity contribution < 1.29 is 19.7 Å². The molecule has 0 radical (unpaired) electrons. The SMILES string of the molecule is CCc1cn2c(-c3c(O)cc(COC)cc3O)cccc2c1N(CC1CCOCC1)CC1CC1. The van der Waals surface area contributed by atoms with E-state index >= 15 is 0 Å². The van der Waals surface area contributed by atoms with E-state index in [4.69, 9.17) is 9.47 Å². The second kappa shape index (κ2) is 9.88. The molecular weight excluding hydrogens is 428 g/mol. The lowest BCUT2D eigenvalue weighted by Crippen LogP contribution is -2.34. The smallest absolute Gasteiger partial charge is 0.129 e. The highest BCUT2D eigenvalue weighted by Gasteiger charge is 2.29. The third-order valence-electron chi connectivity index (χ3n) is 7.27. The monoisotopic (exact) mass is 464 g/mol. The Morgan fingerprint density at radius 1 is 1.03 bits per heavy atom. The molecule has 1 saturated carbocycles. The highest BCUT2D eigenvalue weighted by Crippen LogP contribution is 2.42. The Morgan fingerprint density at radius 3 is 2.32 bits per heavy atom. The molecule has 2 N–H and O–H groups in total. The molecule has 3 aromatic rings. The molecule has 2 aromatic heterocycles. The van der Waals surface area contributed by atoms with Crippen LogP contribution >= 0.6 is 0 Å². The van der Waals surface area contributed by atoms with Crippen LogP contribution in [-0.4, -0.2) is 48.0 Å². The molecule has 0 atom stereocenters. The van der Waals surface area contributed by atoms with Crippen LogP contribution in [0.1, 0.15) is 43.7 Å². The molecule has 1 aliphatic heterocycles. The third kappa shape index (κ3) is 4.62. The third-order valence-corrected chi connectivity index (χ3v) is 7.27. The number of fused-ring (bicyclic) bond motifs is 1. The van der Waals surface area contributed by atoms with Gasteiger partial charge in [-0.05, 0) is 79.3 Å². The van der Waals surface area contributed by atoms with Gasteiger partial charge >= 0.3 is 0 Å². The van der Waals surface area contributed by atoms with E-state index < -0.39 is 0 Å². The molecule has 5 rings (SSSR count). The van der Waals surface area contributed by atoms with Gasteiger partial charge in [0.2, 0.25) is 0 Å². The van der Waals surface area contributed by atoms with Crippen LogP contribution in [0.2, 0.25) is 0 Å². The highest BCUT2D eigenvalue weighted by molar-refractivity contribution is 5.84. The lowest BCUT2D eigenvalue weighted by Gasteiger charge is -2.32. The highest BCUT2D eigenvalue weighted by atomic mass is 16.5. The van der Waals surface area contributed by atoms with E-state index in [9.17, 15) is 10.2 Å². The summed E-state index contributed by atoms with van der Waals surface area (Å²) >= 11 is 0. The Hall–Kier alpha value is -2.70. The van der Waals surface area contributed by atoms with Crippen molar-refractivity contribution in [1.82, 2.24) is 4.40 Å². The second-order valence-electron chi connectivity index (χ2n) is 9.87. The maximum Gasteiger partial charge on any atom is 0.129 e. The Bertz CT molecular complexity index is 1120. The van der Waals surface area contributed by atoms with Gasteiger partial charge in [-0.25, -0.2) is 0 Å². The summed E-state index contributed by atoms with van der Waals surface area (Å²) in [4.78, 5) is 2.62. The molecule has 34 heavy (non-hydrogen) atoms. The van der Waals surface area contributed by atoms with Crippen LogP contribution in [-0.2, 0) is 22.5 Å². The van der Waals surface area contributed by atoms with Crippen LogP contribution in [0.25, 0.3) is 16.8 Å². The zero-order valence-corrected chi connectivity index (χ0v) is 20.3. The molecule has 6 nitrogen and oxygen atoms in total. The van der Waals surface area contributed by atoms with Gasteiger partial charge in [-0.15, -0.1) is 0 Å². The standard InChI is InChI=1S/C28H36N2O4/c1-3-22-17-30-23(27-25(31)13-21(18-33-2)14-26(27)32)5-4-6-24(30)28(22)29(15-19-7-8-19)16-20-9-11-34-12-10-20/h4-6,13-14,17,19-20,31-32H,3,7-12,15-16,18H2,1-2H3. The lowest BCUT2D eigenvalue weighted by atomic mass is 9.98. The minimum absolute atomic E-state index is 0.0601. The fourth-order valence-electron chi connectivity index (χ4n) is 5.35. The van der Waals surface area contributed by atoms with Gasteiger partial charge in [-0.3, -0.25) is 0 Å². The van der Waals surface area contributed by atoms with Crippen molar-refractivity contribution >= 4 is 11.2 Å². The fraction of sp³-hybridized carbons (Fsp3) is 0.500. The summed E-state index contributed by atoms with van der Waals surface area (Å²) in [5.41, 5.74) is 5.71. The number of aromatic nitrogens is 1. The number of hydrogen-bond acceptors (Lipinski definition) is 5. The van der Waals surface area contributed by atoms with Gasteiger partial charge in [0.1, 0.15) is 11.5 Å². The molecule has 182 valence electrons. The fourth-order valence-corrected chi connectivity index (χ4v) is 5.35. The number of nitrogens with zero attached hydrogens (tertiary/aromatic N) is 2. The summed E-state index contributed by atoms with van der Waals surface area (Å²) in [5.74, 6) is 1.55. The van der Waals surface area contributed by atoms with Crippen LogP contribution in [0.5, 0.6) is 11.5 Å². The van der Waals surface area contributed by atoms with Gasteiger partial charge in [0, 0.05) is 39.6 Å². The van der Waals surface area contributed by atoms with Crippen molar-refractivity contribution in [3.05, 3.63) is 47.7 Å². The summed E-state index contributed by atoms with van der Waals surface area (Å²) in [6.45, 7) is 6.41. The second-order valence-corrected chi connectivity index (χ2v) is 9.87. The van der Waals surface area contributed by atoms with Crippen LogP contribution in [0.3, 0.4) is 0 Å². The maximum atomic E-state index is 10.8. The van der Waals surface area contributed by atoms with Gasteiger partial charge < -0.3 is 29.0 Å². The van der Waals surface area contributed by atoms with E-state index in [0.29, 0.717) is 18.1 Å². The predicted octanol–water partition coefficient (Wildman–Crippen LogP) is 5.37. The van der Waals surface area contributed by atoms with Gasteiger partial charge in [0.15, 0.2) is 0 Å². The number of rotatable bonds is 9. The number of hydrogen-bond donors (Lipinski definition) is 2. The largest absolute Gasteiger partial charge is 0.507 e. The van der Waals surface area contributed by atoms with E-state index in [2.05, 4.69) is 28.5 Å². The Balaban J connectivity index is 1.59. The molecule has 2 fully saturated rings. The average molecular weight is 465 g/mol. The molecule has 1 aromatic carbocycles. The first-order valence-electron chi connectivity index (χ1n) is 12.6. The van der Waals surface area contributed by atoms with Crippen LogP contribution in [0.4, 0.5) is 5.69 Å². The predicted molar refractivity (Wildman–Crippen MR) is 135 cm³/mol. The van der Waals surface area contributed by atoms with E-state index in [1.165, 1.54) is 24.1 Å². The Kier molecular flexibility index (Phi) is 6.70. The molecule has 3 heterocycles. The number of methoxy groups -OCH3 is 1. The van der Waals surface area contributed by atoms with E-state index in [1.54, 1.807) is 19.2 Å². The Morgan fingerprint density at radius 2 is 1.71 bits per heavy atom. The minimum atomic E-state index is 0.0601. The summed E-state index contributed by atoms with van der Waals surface area (Å²) in [6, 6.07) is 9.50. The van der Waals surface area contributed by atoms with Crippen molar-refractivity contribution in [2.24, 2.45) is 11.8 Å². The number of anilines is 1. The van der Waals surface area contributed by atoms with Crippen molar-refractivity contribution in [2.45, 2.75) is 45.6 Å². The maximum absolute atomic E-state index is 10.8. The number of phenols is 2. The van der Waals surface area contributed by atoms with E-state index in [1.807, 2.05) is 12.1 Å².